The zero-order valence-electron chi connectivity index (χ0n) is 12.4. The maximum Gasteiger partial charge on any atom is 0.273 e. The molecule has 0 spiro atoms. The molecule has 0 unspecified atom stereocenters. The fraction of sp³-hybridized carbons (Fsp3) is 0.571. The number of anilines is 1. The van der Waals surface area contributed by atoms with Gasteiger partial charge in [-0.15, -0.1) is 0 Å². The second kappa shape index (κ2) is 7.73. The van der Waals surface area contributed by atoms with Gasteiger partial charge in [-0.05, 0) is 13.0 Å². The number of aryl methyl sites for hydroxylation is 1. The lowest BCUT2D eigenvalue weighted by Crippen LogP contribution is -2.42. The van der Waals surface area contributed by atoms with Crippen molar-refractivity contribution in [3.63, 3.8) is 0 Å². The van der Waals surface area contributed by atoms with Crippen LogP contribution in [0.25, 0.3) is 0 Å². The lowest BCUT2D eigenvalue weighted by Gasteiger charge is -2.28. The van der Waals surface area contributed by atoms with Crippen LogP contribution in [0.5, 0.6) is 0 Å². The van der Waals surface area contributed by atoms with Crippen LogP contribution in [0, 0.1) is 17.0 Å². The number of morpholine rings is 1. The van der Waals surface area contributed by atoms with Crippen LogP contribution in [0.4, 0.5) is 11.4 Å². The molecule has 2 N–H and O–H groups in total. The Morgan fingerprint density at radius 2 is 2.18 bits per heavy atom. The lowest BCUT2D eigenvalue weighted by atomic mass is 10.1. The molecular weight excluding hydrogens is 310 g/mol. The minimum absolute atomic E-state index is 0.00980. The van der Waals surface area contributed by atoms with Crippen molar-refractivity contribution in [2.24, 2.45) is 0 Å². The summed E-state index contributed by atoms with van der Waals surface area (Å²) in [4.78, 5) is 12.5. The molecule has 7 nitrogen and oxygen atoms in total. The number of hydrogen-bond donors (Lipinski definition) is 2. The topological polar surface area (TPSA) is 87.9 Å². The molecule has 1 aromatic carbocycles. The van der Waals surface area contributed by atoms with Crippen molar-refractivity contribution in [3.8, 4) is 0 Å². The highest BCUT2D eigenvalue weighted by atomic mass is 35.5. The molecule has 1 aliphatic heterocycles. The highest BCUT2D eigenvalue weighted by molar-refractivity contribution is 6.33. The van der Waals surface area contributed by atoms with Crippen LogP contribution in [0.15, 0.2) is 12.1 Å². The van der Waals surface area contributed by atoms with Gasteiger partial charge in [0.25, 0.3) is 5.69 Å². The Bertz CT molecular complexity index is 535. The van der Waals surface area contributed by atoms with Crippen LogP contribution in [0.2, 0.25) is 5.02 Å². The number of benzene rings is 1. The van der Waals surface area contributed by atoms with Gasteiger partial charge >= 0.3 is 0 Å². The molecule has 0 radical (unpaired) electrons. The second-order valence-electron chi connectivity index (χ2n) is 5.32. The van der Waals surface area contributed by atoms with Gasteiger partial charge < -0.3 is 15.2 Å². The summed E-state index contributed by atoms with van der Waals surface area (Å²) >= 11 is 6.05. The molecule has 0 aromatic heterocycles. The van der Waals surface area contributed by atoms with E-state index in [1.54, 1.807) is 13.0 Å². The van der Waals surface area contributed by atoms with Gasteiger partial charge in [0.1, 0.15) is 0 Å². The average molecular weight is 330 g/mol. The molecule has 1 saturated heterocycles. The van der Waals surface area contributed by atoms with Crippen molar-refractivity contribution < 1.29 is 14.8 Å². The average Bonchev–Trinajstić information content (AvgIpc) is 2.48. The third-order valence-corrected chi connectivity index (χ3v) is 3.90. The number of hydrogen-bond acceptors (Lipinski definition) is 6. The summed E-state index contributed by atoms with van der Waals surface area (Å²) in [6, 6.07) is 2.95. The number of rotatable bonds is 6. The number of nitrogens with zero attached hydrogens (tertiary/aromatic N) is 2. The summed E-state index contributed by atoms with van der Waals surface area (Å²) in [5, 5.41) is 24.2. The largest absolute Gasteiger partial charge is 0.390 e. The van der Waals surface area contributed by atoms with Crippen LogP contribution in [0.3, 0.4) is 0 Å². The van der Waals surface area contributed by atoms with E-state index in [1.165, 1.54) is 6.07 Å². The molecule has 1 fully saturated rings. The second-order valence-corrected chi connectivity index (χ2v) is 5.73. The molecule has 0 amide bonds. The number of halogens is 1. The Balaban J connectivity index is 1.90. The summed E-state index contributed by atoms with van der Waals surface area (Å²) in [7, 11) is 0. The number of ether oxygens (including phenoxy) is 1. The van der Waals surface area contributed by atoms with Crippen LogP contribution in [-0.4, -0.2) is 60.4 Å². The van der Waals surface area contributed by atoms with E-state index in [9.17, 15) is 15.2 Å². The maximum absolute atomic E-state index is 10.8. The first-order valence-corrected chi connectivity index (χ1v) is 7.51. The van der Waals surface area contributed by atoms with Gasteiger partial charge in [-0.25, -0.2) is 0 Å². The summed E-state index contributed by atoms with van der Waals surface area (Å²) < 4.78 is 5.26. The third kappa shape index (κ3) is 4.54. The number of β-amino-alcohol motifs (C(OH)–C–C–N with tert-alkyl or cyclic N) is 1. The molecule has 0 bridgehead atoms. The van der Waals surface area contributed by atoms with Crippen molar-refractivity contribution in [1.82, 2.24) is 4.90 Å². The van der Waals surface area contributed by atoms with E-state index in [0.29, 0.717) is 37.6 Å². The molecule has 1 aromatic rings. The molecule has 22 heavy (non-hydrogen) atoms. The van der Waals surface area contributed by atoms with Crippen LogP contribution in [-0.2, 0) is 4.74 Å². The van der Waals surface area contributed by atoms with E-state index in [1.807, 2.05) is 0 Å². The maximum atomic E-state index is 10.8. The van der Waals surface area contributed by atoms with Gasteiger partial charge in [0, 0.05) is 37.8 Å². The number of aliphatic hydroxyl groups is 1. The molecule has 8 heteroatoms. The van der Waals surface area contributed by atoms with Gasteiger partial charge in [-0.1, -0.05) is 11.6 Å². The quantitative estimate of drug-likeness (QED) is 0.609. The van der Waals surface area contributed by atoms with Crippen LogP contribution < -0.4 is 5.32 Å². The van der Waals surface area contributed by atoms with E-state index in [2.05, 4.69) is 10.2 Å². The van der Waals surface area contributed by atoms with Crippen molar-refractivity contribution in [2.75, 3.05) is 44.7 Å². The summed E-state index contributed by atoms with van der Waals surface area (Å²) in [6.45, 7) is 5.54. The van der Waals surface area contributed by atoms with Gasteiger partial charge in [0.05, 0.1) is 35.0 Å². The summed E-state index contributed by atoms with van der Waals surface area (Å²) in [5.74, 6) is 0. The number of nitrogens with one attached hydrogen (secondary N) is 1. The van der Waals surface area contributed by atoms with Crippen molar-refractivity contribution in [1.29, 1.82) is 0 Å². The Kier molecular flexibility index (Phi) is 5.96. The van der Waals surface area contributed by atoms with E-state index >= 15 is 0 Å². The highest BCUT2D eigenvalue weighted by Crippen LogP contribution is 2.30. The summed E-state index contributed by atoms with van der Waals surface area (Å²) in [5.41, 5.74) is 1.11. The van der Waals surface area contributed by atoms with Gasteiger partial charge in [-0.3, -0.25) is 15.0 Å². The van der Waals surface area contributed by atoms with Gasteiger partial charge in [0.15, 0.2) is 0 Å². The smallest absolute Gasteiger partial charge is 0.273 e. The number of nitro groups is 1. The van der Waals surface area contributed by atoms with Crippen molar-refractivity contribution >= 4 is 23.0 Å². The molecule has 122 valence electrons. The minimum atomic E-state index is -0.551. The molecule has 1 aliphatic rings. The van der Waals surface area contributed by atoms with E-state index < -0.39 is 11.0 Å². The van der Waals surface area contributed by atoms with E-state index in [-0.39, 0.29) is 10.7 Å². The first kappa shape index (κ1) is 17.0. The number of nitro benzene ring substituents is 1. The van der Waals surface area contributed by atoms with Gasteiger partial charge in [-0.2, -0.15) is 0 Å². The Labute approximate surface area is 134 Å². The highest BCUT2D eigenvalue weighted by Gasteiger charge is 2.17. The molecular formula is C14H20ClN3O4. The van der Waals surface area contributed by atoms with E-state index in [0.717, 1.165) is 13.1 Å². The third-order valence-electron chi connectivity index (χ3n) is 3.58. The first-order chi connectivity index (χ1) is 10.5. The number of aliphatic hydroxyl groups excluding tert-OH is 1. The van der Waals surface area contributed by atoms with Crippen molar-refractivity contribution in [2.45, 2.75) is 13.0 Å². The first-order valence-electron chi connectivity index (χ1n) is 7.14. The van der Waals surface area contributed by atoms with E-state index in [4.69, 9.17) is 16.3 Å². The van der Waals surface area contributed by atoms with Crippen LogP contribution >= 0.6 is 11.6 Å². The zero-order chi connectivity index (χ0) is 16.1. The Morgan fingerprint density at radius 3 is 2.82 bits per heavy atom. The molecule has 1 atom stereocenters. The normalized spacial score (nSPS) is 17.2. The van der Waals surface area contributed by atoms with Crippen LogP contribution in [0.1, 0.15) is 5.56 Å². The fourth-order valence-electron chi connectivity index (χ4n) is 2.38. The molecule has 0 saturated carbocycles. The molecule has 2 rings (SSSR count). The zero-order valence-corrected chi connectivity index (χ0v) is 13.2. The van der Waals surface area contributed by atoms with Crippen molar-refractivity contribution in [3.05, 3.63) is 32.8 Å². The lowest BCUT2D eigenvalue weighted by molar-refractivity contribution is -0.385. The predicted molar refractivity (Wildman–Crippen MR) is 84.6 cm³/mol. The predicted octanol–water partition coefficient (Wildman–Crippen LogP) is 1.66. The SMILES string of the molecule is Cc1cc(NC[C@@H](O)CN2CCOCC2)c(Cl)cc1[N+](=O)[O-]. The Morgan fingerprint density at radius 1 is 1.50 bits per heavy atom. The van der Waals surface area contributed by atoms with Gasteiger partial charge in [0.2, 0.25) is 0 Å². The summed E-state index contributed by atoms with van der Waals surface area (Å²) in [6.07, 6.45) is -0.551. The minimum Gasteiger partial charge on any atom is -0.390 e. The monoisotopic (exact) mass is 329 g/mol. The fourth-order valence-corrected chi connectivity index (χ4v) is 2.60. The standard InChI is InChI=1S/C14H20ClN3O4/c1-10-6-13(12(15)7-14(10)18(20)21)16-8-11(19)9-17-2-4-22-5-3-17/h6-7,11,16,19H,2-5,8-9H2,1H3/t11-/m1/s1. The molecule has 0 aliphatic carbocycles. The Hall–Kier alpha value is -1.41. The molecule has 1 heterocycles.